The topological polar surface area (TPSA) is 29.5 Å². The molecule has 1 aliphatic rings. The lowest BCUT2D eigenvalue weighted by molar-refractivity contribution is 0.0674. The number of rotatable bonds is 3. The van der Waals surface area contributed by atoms with E-state index in [1.54, 1.807) is 0 Å². The molecule has 0 radical (unpaired) electrons. The maximum Gasteiger partial charge on any atom is 0.411 e. The third-order valence-electron chi connectivity index (χ3n) is 3.87. The minimum absolute atomic E-state index is 0.0774. The Balaban J connectivity index is 1.95. The van der Waals surface area contributed by atoms with Crippen molar-refractivity contribution in [2.75, 3.05) is 0 Å². The Morgan fingerprint density at radius 3 is 2.19 bits per heavy atom. The highest BCUT2D eigenvalue weighted by atomic mass is 16.6. The number of hydrogen-bond donors (Lipinski definition) is 0. The molecule has 3 nitrogen and oxygen atoms in total. The highest BCUT2D eigenvalue weighted by Gasteiger charge is 2.48. The summed E-state index contributed by atoms with van der Waals surface area (Å²) >= 11 is 0. The summed E-state index contributed by atoms with van der Waals surface area (Å²) in [5, 5.41) is 0. The predicted octanol–water partition coefficient (Wildman–Crippen LogP) is 4.16. The number of nitrogens with zero attached hydrogens (tertiary/aromatic N) is 1. The van der Waals surface area contributed by atoms with Gasteiger partial charge >= 0.3 is 6.09 Å². The average Bonchev–Trinajstić information content (AvgIpc) is 2.70. The Kier molecular flexibility index (Phi) is 3.42. The molecule has 2 aromatic carbocycles. The summed E-state index contributed by atoms with van der Waals surface area (Å²) in [7, 11) is 0. The number of amides is 1. The number of hydrogen-bond acceptors (Lipinski definition) is 2. The van der Waals surface area contributed by atoms with Crippen LogP contribution < -0.4 is 0 Å². The molecule has 1 atom stereocenters. The normalized spacial score (nSPS) is 20.4. The second-order valence-corrected chi connectivity index (χ2v) is 5.90. The Bertz CT molecular complexity index is 622. The molecule has 0 saturated carbocycles. The molecule has 0 spiro atoms. The summed E-state index contributed by atoms with van der Waals surface area (Å²) in [6.07, 6.45) is -0.252. The molecule has 1 saturated heterocycles. The maximum absolute atomic E-state index is 12.3. The smallest absolute Gasteiger partial charge is 0.411 e. The van der Waals surface area contributed by atoms with E-state index < -0.39 is 5.60 Å². The van der Waals surface area contributed by atoms with Gasteiger partial charge in [0.1, 0.15) is 5.60 Å². The molecule has 1 unspecified atom stereocenters. The van der Waals surface area contributed by atoms with E-state index in [1.807, 2.05) is 79.4 Å². The first-order valence-corrected chi connectivity index (χ1v) is 7.16. The van der Waals surface area contributed by atoms with E-state index in [4.69, 9.17) is 4.74 Å². The number of cyclic esters (lactones) is 1. The lowest BCUT2D eigenvalue weighted by Crippen LogP contribution is -2.33. The van der Waals surface area contributed by atoms with Crippen LogP contribution in [-0.4, -0.2) is 16.6 Å². The van der Waals surface area contributed by atoms with E-state index in [0.29, 0.717) is 6.54 Å². The van der Waals surface area contributed by atoms with E-state index in [-0.39, 0.29) is 12.1 Å². The van der Waals surface area contributed by atoms with E-state index in [2.05, 4.69) is 0 Å². The molecule has 3 rings (SSSR count). The van der Waals surface area contributed by atoms with Gasteiger partial charge in [0.05, 0.1) is 6.04 Å². The summed E-state index contributed by atoms with van der Waals surface area (Å²) in [5.41, 5.74) is 1.67. The molecule has 0 aromatic heterocycles. The molecule has 1 aliphatic heterocycles. The number of ether oxygens (including phenoxy) is 1. The van der Waals surface area contributed by atoms with Crippen molar-refractivity contribution in [3.63, 3.8) is 0 Å². The van der Waals surface area contributed by atoms with Crippen LogP contribution in [0.15, 0.2) is 60.7 Å². The second-order valence-electron chi connectivity index (χ2n) is 5.90. The highest BCUT2D eigenvalue weighted by molar-refractivity contribution is 5.72. The Hall–Kier alpha value is -2.29. The number of carbonyl (C=O) groups excluding carboxylic acids is 1. The zero-order chi connectivity index (χ0) is 14.9. The summed E-state index contributed by atoms with van der Waals surface area (Å²) in [6, 6.07) is 20.0. The van der Waals surface area contributed by atoms with Crippen molar-refractivity contribution in [2.24, 2.45) is 0 Å². The van der Waals surface area contributed by atoms with Crippen molar-refractivity contribution in [2.45, 2.75) is 32.0 Å². The van der Waals surface area contributed by atoms with Crippen molar-refractivity contribution < 1.29 is 9.53 Å². The van der Waals surface area contributed by atoms with Gasteiger partial charge in [-0.25, -0.2) is 4.79 Å². The van der Waals surface area contributed by atoms with Gasteiger partial charge in [0, 0.05) is 6.54 Å². The van der Waals surface area contributed by atoms with Crippen molar-refractivity contribution in [1.82, 2.24) is 4.90 Å². The molecule has 0 N–H and O–H groups in total. The molecular formula is C18H19NO2. The van der Waals surface area contributed by atoms with Gasteiger partial charge in [0.2, 0.25) is 0 Å². The zero-order valence-corrected chi connectivity index (χ0v) is 12.3. The van der Waals surface area contributed by atoms with Gasteiger partial charge in [-0.2, -0.15) is 0 Å². The molecule has 1 heterocycles. The average molecular weight is 281 g/mol. The summed E-state index contributed by atoms with van der Waals surface area (Å²) in [5.74, 6) is 0. The van der Waals surface area contributed by atoms with Crippen LogP contribution in [0.5, 0.6) is 0 Å². The van der Waals surface area contributed by atoms with Crippen LogP contribution in [0.4, 0.5) is 4.79 Å². The van der Waals surface area contributed by atoms with Gasteiger partial charge in [-0.3, -0.25) is 4.90 Å². The minimum atomic E-state index is -0.535. The first-order chi connectivity index (χ1) is 10.1. The third-order valence-corrected chi connectivity index (χ3v) is 3.87. The first kappa shape index (κ1) is 13.7. The van der Waals surface area contributed by atoms with Crippen LogP contribution >= 0.6 is 0 Å². The standard InChI is InChI=1S/C18H19NO2/c1-18(2)16(15-11-7-4-8-12-15)19(17(20)21-18)13-14-9-5-3-6-10-14/h3-12,16H,13H2,1-2H3. The van der Waals surface area contributed by atoms with E-state index >= 15 is 0 Å². The maximum atomic E-state index is 12.3. The van der Waals surface area contributed by atoms with Crippen LogP contribution in [0.3, 0.4) is 0 Å². The van der Waals surface area contributed by atoms with Crippen LogP contribution in [0, 0.1) is 0 Å². The SMILES string of the molecule is CC1(C)OC(=O)N(Cc2ccccc2)C1c1ccccc1. The van der Waals surface area contributed by atoms with E-state index in [0.717, 1.165) is 11.1 Å². The zero-order valence-electron chi connectivity index (χ0n) is 12.3. The van der Waals surface area contributed by atoms with Crippen LogP contribution in [0.1, 0.15) is 31.0 Å². The Morgan fingerprint density at radius 1 is 1.00 bits per heavy atom. The van der Waals surface area contributed by atoms with Crippen molar-refractivity contribution >= 4 is 6.09 Å². The van der Waals surface area contributed by atoms with E-state index in [9.17, 15) is 4.79 Å². The quantitative estimate of drug-likeness (QED) is 0.845. The van der Waals surface area contributed by atoms with Crippen molar-refractivity contribution in [3.8, 4) is 0 Å². The molecule has 2 aromatic rings. The molecule has 3 heteroatoms. The molecular weight excluding hydrogens is 262 g/mol. The second kappa shape index (κ2) is 5.24. The van der Waals surface area contributed by atoms with Gasteiger partial charge in [0.15, 0.2) is 0 Å². The van der Waals surface area contributed by atoms with E-state index in [1.165, 1.54) is 0 Å². The molecule has 0 bridgehead atoms. The minimum Gasteiger partial charge on any atom is -0.441 e. The third kappa shape index (κ3) is 2.64. The molecule has 1 amide bonds. The largest absolute Gasteiger partial charge is 0.441 e. The molecule has 21 heavy (non-hydrogen) atoms. The highest BCUT2D eigenvalue weighted by Crippen LogP contribution is 2.41. The predicted molar refractivity (Wildman–Crippen MR) is 81.7 cm³/mol. The fraction of sp³-hybridized carbons (Fsp3) is 0.278. The molecule has 108 valence electrons. The van der Waals surface area contributed by atoms with Crippen LogP contribution in [-0.2, 0) is 11.3 Å². The monoisotopic (exact) mass is 281 g/mol. The number of benzene rings is 2. The summed E-state index contributed by atoms with van der Waals surface area (Å²) in [4.78, 5) is 14.1. The van der Waals surface area contributed by atoms with Gasteiger partial charge in [-0.05, 0) is 25.0 Å². The molecule has 0 aliphatic carbocycles. The van der Waals surface area contributed by atoms with Crippen molar-refractivity contribution in [1.29, 1.82) is 0 Å². The summed E-state index contributed by atoms with van der Waals surface area (Å²) < 4.78 is 5.59. The van der Waals surface area contributed by atoms with Gasteiger partial charge in [-0.1, -0.05) is 60.7 Å². The van der Waals surface area contributed by atoms with Crippen LogP contribution in [0.2, 0.25) is 0 Å². The van der Waals surface area contributed by atoms with Crippen molar-refractivity contribution in [3.05, 3.63) is 71.8 Å². The van der Waals surface area contributed by atoms with Gasteiger partial charge < -0.3 is 4.74 Å². The fourth-order valence-corrected chi connectivity index (χ4v) is 2.97. The number of carbonyl (C=O) groups is 1. The lowest BCUT2D eigenvalue weighted by atomic mass is 9.91. The lowest BCUT2D eigenvalue weighted by Gasteiger charge is -2.29. The Labute approximate surface area is 125 Å². The first-order valence-electron chi connectivity index (χ1n) is 7.16. The van der Waals surface area contributed by atoms with Gasteiger partial charge in [-0.15, -0.1) is 0 Å². The van der Waals surface area contributed by atoms with Gasteiger partial charge in [0.25, 0.3) is 0 Å². The Morgan fingerprint density at radius 2 is 1.57 bits per heavy atom. The molecule has 1 fully saturated rings. The fourth-order valence-electron chi connectivity index (χ4n) is 2.97. The van der Waals surface area contributed by atoms with Crippen LogP contribution in [0.25, 0.3) is 0 Å². The summed E-state index contributed by atoms with van der Waals surface area (Å²) in [6.45, 7) is 4.49.